The summed E-state index contributed by atoms with van der Waals surface area (Å²) in [5.41, 5.74) is 2.14. The Morgan fingerprint density at radius 1 is 1.47 bits per heavy atom. The Labute approximate surface area is 103 Å². The molecule has 0 saturated carbocycles. The van der Waals surface area contributed by atoms with E-state index in [1.807, 2.05) is 25.2 Å². The van der Waals surface area contributed by atoms with E-state index in [0.29, 0.717) is 0 Å². The molecule has 1 heterocycles. The first-order valence-electron chi connectivity index (χ1n) is 5.71. The molecule has 1 amide bonds. The van der Waals surface area contributed by atoms with Crippen LogP contribution >= 0.6 is 0 Å². The van der Waals surface area contributed by atoms with Crippen molar-refractivity contribution in [1.82, 2.24) is 5.32 Å². The summed E-state index contributed by atoms with van der Waals surface area (Å²) in [5, 5.41) is 2.97. The maximum atomic E-state index is 11.4. The van der Waals surface area contributed by atoms with Gasteiger partial charge in [-0.2, -0.15) is 0 Å². The molecule has 0 saturated heterocycles. The molecule has 1 aliphatic heterocycles. The van der Waals surface area contributed by atoms with Gasteiger partial charge in [-0.1, -0.05) is 50.5 Å². The Morgan fingerprint density at radius 2 is 2.18 bits per heavy atom. The van der Waals surface area contributed by atoms with E-state index in [1.165, 1.54) is 0 Å². The Morgan fingerprint density at radius 3 is 2.76 bits per heavy atom. The van der Waals surface area contributed by atoms with Crippen LogP contribution in [0.15, 0.2) is 60.8 Å². The van der Waals surface area contributed by atoms with E-state index in [4.69, 9.17) is 0 Å². The van der Waals surface area contributed by atoms with Gasteiger partial charge in [-0.15, -0.1) is 0 Å². The molecular formula is C15H19NO. The third-order valence-corrected chi connectivity index (χ3v) is 2.88. The molecule has 0 bridgehead atoms. The molecule has 1 N–H and O–H groups in total. The Bertz CT molecular complexity index is 413. The zero-order valence-corrected chi connectivity index (χ0v) is 10.4. The summed E-state index contributed by atoms with van der Waals surface area (Å²) < 4.78 is 0. The Kier molecular flexibility index (Phi) is 4.70. The molecule has 1 aliphatic rings. The predicted octanol–water partition coefficient (Wildman–Crippen LogP) is 2.92. The van der Waals surface area contributed by atoms with E-state index < -0.39 is 0 Å². The summed E-state index contributed by atoms with van der Waals surface area (Å²) >= 11 is 0. The summed E-state index contributed by atoms with van der Waals surface area (Å²) in [6.45, 7) is 11.5. The zero-order chi connectivity index (χ0) is 12.8. The maximum Gasteiger partial charge on any atom is 0.244 e. The van der Waals surface area contributed by atoms with Gasteiger partial charge in [0, 0.05) is 0 Å². The lowest BCUT2D eigenvalue weighted by Crippen LogP contribution is -2.42. The van der Waals surface area contributed by atoms with Gasteiger partial charge in [0.05, 0.1) is 6.04 Å². The third kappa shape index (κ3) is 3.31. The molecule has 2 atom stereocenters. The first-order chi connectivity index (χ1) is 8.10. The van der Waals surface area contributed by atoms with Gasteiger partial charge in [-0.05, 0) is 30.1 Å². The van der Waals surface area contributed by atoms with Gasteiger partial charge in [-0.25, -0.2) is 0 Å². The number of carbonyl (C=O) groups is 1. The lowest BCUT2D eigenvalue weighted by molar-refractivity contribution is -0.117. The summed E-state index contributed by atoms with van der Waals surface area (Å²) in [7, 11) is 0. The predicted molar refractivity (Wildman–Crippen MR) is 72.5 cm³/mol. The summed E-state index contributed by atoms with van der Waals surface area (Å²) in [5.74, 6) is 0.224. The minimum atomic E-state index is -0.0468. The number of hydrogen-bond donors (Lipinski definition) is 1. The van der Waals surface area contributed by atoms with E-state index in [1.54, 1.807) is 18.2 Å². The van der Waals surface area contributed by atoms with Crippen molar-refractivity contribution in [1.29, 1.82) is 0 Å². The lowest BCUT2D eigenvalue weighted by Gasteiger charge is -2.28. The average Bonchev–Trinajstić information content (AvgIpc) is 2.33. The van der Waals surface area contributed by atoms with Crippen LogP contribution in [-0.4, -0.2) is 11.9 Å². The summed E-state index contributed by atoms with van der Waals surface area (Å²) in [4.78, 5) is 11.4. The van der Waals surface area contributed by atoms with Gasteiger partial charge in [0.1, 0.15) is 0 Å². The molecule has 0 aromatic heterocycles. The molecule has 0 aromatic carbocycles. The van der Waals surface area contributed by atoms with Crippen LogP contribution in [0.2, 0.25) is 0 Å². The second kappa shape index (κ2) is 6.04. The molecule has 0 aliphatic carbocycles. The molecule has 2 nitrogen and oxygen atoms in total. The highest BCUT2D eigenvalue weighted by molar-refractivity contribution is 5.89. The fraction of sp³-hybridized carbons (Fsp3) is 0.267. The quantitative estimate of drug-likeness (QED) is 0.738. The molecular weight excluding hydrogens is 210 g/mol. The standard InChI is InChI=1S/C15H19NO/c1-5-7-8-13(11(3)6-2)15-12(4)9-10-14(17)16-15/h5-10,12,15H,1-2H2,3-4H3,(H,16,17)/b8-7-,13-11-. The number of allylic oxidation sites excluding steroid dienone is 4. The largest absolute Gasteiger partial charge is 0.345 e. The van der Waals surface area contributed by atoms with Crippen LogP contribution in [0.4, 0.5) is 0 Å². The number of rotatable bonds is 4. The molecule has 2 heteroatoms. The van der Waals surface area contributed by atoms with Gasteiger partial charge in [0.15, 0.2) is 0 Å². The molecule has 0 radical (unpaired) electrons. The van der Waals surface area contributed by atoms with Crippen molar-refractivity contribution in [2.75, 3.05) is 0 Å². The first-order valence-corrected chi connectivity index (χ1v) is 5.71. The fourth-order valence-corrected chi connectivity index (χ4v) is 1.81. The van der Waals surface area contributed by atoms with Gasteiger partial charge in [0.25, 0.3) is 0 Å². The number of hydrogen-bond acceptors (Lipinski definition) is 1. The van der Waals surface area contributed by atoms with Crippen molar-refractivity contribution in [3.8, 4) is 0 Å². The first kappa shape index (κ1) is 13.2. The highest BCUT2D eigenvalue weighted by atomic mass is 16.1. The van der Waals surface area contributed by atoms with Crippen molar-refractivity contribution in [3.63, 3.8) is 0 Å². The van der Waals surface area contributed by atoms with Gasteiger partial charge < -0.3 is 5.32 Å². The molecule has 0 aromatic rings. The van der Waals surface area contributed by atoms with Gasteiger partial charge in [-0.3, -0.25) is 4.79 Å². The van der Waals surface area contributed by atoms with Crippen molar-refractivity contribution in [2.24, 2.45) is 5.92 Å². The van der Waals surface area contributed by atoms with Gasteiger partial charge >= 0.3 is 0 Å². The van der Waals surface area contributed by atoms with Crippen molar-refractivity contribution in [2.45, 2.75) is 19.9 Å². The lowest BCUT2D eigenvalue weighted by atomic mass is 9.88. The van der Waals surface area contributed by atoms with E-state index in [0.717, 1.165) is 11.1 Å². The molecule has 0 spiro atoms. The van der Waals surface area contributed by atoms with E-state index in [-0.39, 0.29) is 17.9 Å². The second-order valence-electron chi connectivity index (χ2n) is 4.14. The van der Waals surface area contributed by atoms with Gasteiger partial charge in [0.2, 0.25) is 5.91 Å². The number of nitrogens with one attached hydrogen (secondary N) is 1. The summed E-state index contributed by atoms with van der Waals surface area (Å²) in [6.07, 6.45) is 10.9. The van der Waals surface area contributed by atoms with Crippen LogP contribution in [-0.2, 0) is 4.79 Å². The molecule has 17 heavy (non-hydrogen) atoms. The highest BCUT2D eigenvalue weighted by Crippen LogP contribution is 2.22. The molecule has 2 unspecified atom stereocenters. The van der Waals surface area contributed by atoms with E-state index in [2.05, 4.69) is 25.4 Å². The molecule has 90 valence electrons. The van der Waals surface area contributed by atoms with Crippen LogP contribution in [0.3, 0.4) is 0 Å². The fourth-order valence-electron chi connectivity index (χ4n) is 1.81. The Balaban J connectivity index is 3.11. The van der Waals surface area contributed by atoms with Crippen LogP contribution in [0, 0.1) is 5.92 Å². The monoisotopic (exact) mass is 229 g/mol. The maximum absolute atomic E-state index is 11.4. The van der Waals surface area contributed by atoms with Crippen LogP contribution < -0.4 is 5.32 Å². The van der Waals surface area contributed by atoms with Crippen LogP contribution in [0.25, 0.3) is 0 Å². The zero-order valence-electron chi connectivity index (χ0n) is 10.4. The average molecular weight is 229 g/mol. The van der Waals surface area contributed by atoms with E-state index >= 15 is 0 Å². The Hall–Kier alpha value is -1.83. The second-order valence-corrected chi connectivity index (χ2v) is 4.14. The van der Waals surface area contributed by atoms with Crippen molar-refractivity contribution in [3.05, 3.63) is 60.8 Å². The number of amides is 1. The van der Waals surface area contributed by atoms with Crippen LogP contribution in [0.1, 0.15) is 13.8 Å². The SMILES string of the molecule is C=C/C=C\C(=C(/C)C=C)C1NC(=O)C=CC1C. The number of carbonyl (C=O) groups excluding carboxylic acids is 1. The van der Waals surface area contributed by atoms with Crippen molar-refractivity contribution >= 4 is 5.91 Å². The minimum absolute atomic E-state index is 0.00157. The van der Waals surface area contributed by atoms with Crippen molar-refractivity contribution < 1.29 is 4.79 Å². The topological polar surface area (TPSA) is 29.1 Å². The third-order valence-electron chi connectivity index (χ3n) is 2.88. The summed E-state index contributed by atoms with van der Waals surface area (Å²) in [6, 6.07) is 0.00157. The highest BCUT2D eigenvalue weighted by Gasteiger charge is 2.24. The minimum Gasteiger partial charge on any atom is -0.345 e. The normalized spacial score (nSPS) is 25.4. The smallest absolute Gasteiger partial charge is 0.244 e. The molecule has 0 fully saturated rings. The van der Waals surface area contributed by atoms with E-state index in [9.17, 15) is 4.79 Å². The molecule has 1 rings (SSSR count). The van der Waals surface area contributed by atoms with Crippen LogP contribution in [0.5, 0.6) is 0 Å².